The minimum atomic E-state index is -0.254. The molecule has 0 fully saturated rings. The van der Waals surface area contributed by atoms with E-state index in [9.17, 15) is 4.79 Å². The molecule has 0 aliphatic rings. The average molecular weight is 324 g/mol. The number of aromatic nitrogens is 4. The Kier molecular flexibility index (Phi) is 2.99. The van der Waals surface area contributed by atoms with Crippen LogP contribution in [0.4, 0.5) is 0 Å². The summed E-state index contributed by atoms with van der Waals surface area (Å²) in [4.78, 5) is 16.0. The number of rotatable bonds is 2. The van der Waals surface area contributed by atoms with Crippen LogP contribution in [0.5, 0.6) is 6.01 Å². The van der Waals surface area contributed by atoms with Crippen LogP contribution in [0, 0.1) is 0 Å². The van der Waals surface area contributed by atoms with Gasteiger partial charge in [-0.15, -0.1) is 0 Å². The number of aryl methyl sites for hydroxylation is 1. The number of pyridine rings is 1. The summed E-state index contributed by atoms with van der Waals surface area (Å²) in [5.74, 6) is 0. The molecule has 3 radical (unpaired) electrons. The van der Waals surface area contributed by atoms with Gasteiger partial charge < -0.3 is 0 Å². The molecular weight excluding hydrogens is 315 g/mol. The molecule has 2 aromatic heterocycles. The zero-order chi connectivity index (χ0) is 11.7. The van der Waals surface area contributed by atoms with Crippen molar-refractivity contribution in [1.29, 1.82) is 0 Å². The molecular formula is C9H9N4O2Sn. The van der Waals surface area contributed by atoms with Gasteiger partial charge in [0.1, 0.15) is 0 Å². The first kappa shape index (κ1) is 11.2. The van der Waals surface area contributed by atoms with Crippen molar-refractivity contribution in [2.75, 3.05) is 7.11 Å². The van der Waals surface area contributed by atoms with E-state index in [0.717, 1.165) is 3.71 Å². The van der Waals surface area contributed by atoms with E-state index in [-0.39, 0.29) is 11.7 Å². The monoisotopic (exact) mass is 325 g/mol. The van der Waals surface area contributed by atoms with Gasteiger partial charge in [0.15, 0.2) is 0 Å². The van der Waals surface area contributed by atoms with E-state index in [1.165, 1.54) is 38.9 Å². The molecule has 81 valence electrons. The first-order chi connectivity index (χ1) is 7.63. The van der Waals surface area contributed by atoms with Crippen molar-refractivity contribution >= 4 is 26.2 Å². The van der Waals surface area contributed by atoms with Crippen molar-refractivity contribution in [3.05, 3.63) is 28.8 Å². The van der Waals surface area contributed by atoms with Gasteiger partial charge in [0.2, 0.25) is 0 Å². The molecule has 7 heteroatoms. The fraction of sp³-hybridized carbons (Fsp3) is 0.222. The molecule has 0 saturated carbocycles. The summed E-state index contributed by atoms with van der Waals surface area (Å²) in [5.41, 5.74) is 0.400. The van der Waals surface area contributed by atoms with Crippen molar-refractivity contribution in [1.82, 2.24) is 19.3 Å². The summed E-state index contributed by atoms with van der Waals surface area (Å²) in [5, 5.41) is 3.95. The third-order valence-electron chi connectivity index (χ3n) is 2.08. The third kappa shape index (κ3) is 1.84. The summed E-state index contributed by atoms with van der Waals surface area (Å²) in [6.45, 7) is 0. The zero-order valence-electron chi connectivity index (χ0n) is 8.84. The number of hydrogen-bond donors (Lipinski definition) is 0. The third-order valence-corrected chi connectivity index (χ3v) is 2.93. The Balaban J connectivity index is 2.63. The van der Waals surface area contributed by atoms with E-state index in [0.29, 0.717) is 5.69 Å². The van der Waals surface area contributed by atoms with Crippen LogP contribution in [0.3, 0.4) is 0 Å². The van der Waals surface area contributed by atoms with Gasteiger partial charge in [-0.05, 0) is 0 Å². The molecule has 0 N–H and O–H groups in total. The Labute approximate surface area is 105 Å². The van der Waals surface area contributed by atoms with E-state index in [1.54, 1.807) is 13.2 Å². The summed E-state index contributed by atoms with van der Waals surface area (Å²) in [6, 6.07) is 3.95. The number of ether oxygens (including phenoxy) is 1. The van der Waals surface area contributed by atoms with Crippen molar-refractivity contribution in [3.63, 3.8) is 0 Å². The number of nitrogens with zero attached hydrogens (tertiary/aromatic N) is 4. The Morgan fingerprint density at radius 1 is 1.44 bits per heavy atom. The van der Waals surface area contributed by atoms with E-state index >= 15 is 0 Å². The van der Waals surface area contributed by atoms with Gasteiger partial charge in [-0.1, -0.05) is 0 Å². The molecule has 0 amide bonds. The molecule has 0 spiro atoms. The van der Waals surface area contributed by atoms with E-state index in [2.05, 4.69) is 10.1 Å². The van der Waals surface area contributed by atoms with Crippen LogP contribution < -0.4 is 14.1 Å². The molecule has 0 unspecified atom stereocenters. The molecule has 16 heavy (non-hydrogen) atoms. The Hall–Kier alpha value is -1.31. The van der Waals surface area contributed by atoms with Crippen LogP contribution in [0.1, 0.15) is 0 Å². The second kappa shape index (κ2) is 4.28. The Morgan fingerprint density at radius 3 is 2.75 bits per heavy atom. The van der Waals surface area contributed by atoms with Crippen LogP contribution in [0.15, 0.2) is 23.1 Å². The van der Waals surface area contributed by atoms with Crippen LogP contribution in [0.2, 0.25) is 0 Å². The van der Waals surface area contributed by atoms with E-state index in [1.807, 2.05) is 12.1 Å². The zero-order valence-corrected chi connectivity index (χ0v) is 11.7. The molecule has 0 atom stereocenters. The van der Waals surface area contributed by atoms with Crippen LogP contribution in [0.25, 0.3) is 5.69 Å². The van der Waals surface area contributed by atoms with E-state index < -0.39 is 0 Å². The second-order valence-electron chi connectivity index (χ2n) is 3.13. The summed E-state index contributed by atoms with van der Waals surface area (Å²) >= 11 is 1.24. The second-order valence-corrected chi connectivity index (χ2v) is 4.59. The maximum atomic E-state index is 11.8. The van der Waals surface area contributed by atoms with Crippen molar-refractivity contribution < 1.29 is 4.74 Å². The van der Waals surface area contributed by atoms with Gasteiger partial charge in [-0.2, -0.15) is 0 Å². The first-order valence-corrected chi connectivity index (χ1v) is 5.94. The molecule has 2 rings (SSSR count). The van der Waals surface area contributed by atoms with Crippen molar-refractivity contribution in [2.45, 2.75) is 0 Å². The van der Waals surface area contributed by atoms with Crippen LogP contribution >= 0.6 is 0 Å². The Bertz CT molecular complexity index is 558. The standard InChI is InChI=1S/C9H9N4O2.Sn/c1-12-9(14)13(8(11-12)15-2)7-4-3-5-10-6-7;/h3-4,6H,1-2H3;. The van der Waals surface area contributed by atoms with E-state index in [4.69, 9.17) is 4.74 Å². The van der Waals surface area contributed by atoms with Gasteiger partial charge in [-0.25, -0.2) is 0 Å². The van der Waals surface area contributed by atoms with Gasteiger partial charge in [-0.3, -0.25) is 0 Å². The first-order valence-electron chi connectivity index (χ1n) is 4.51. The quantitative estimate of drug-likeness (QED) is 0.649. The summed E-state index contributed by atoms with van der Waals surface area (Å²) < 4.78 is 8.62. The van der Waals surface area contributed by atoms with Crippen LogP contribution in [-0.2, 0) is 7.05 Å². The predicted octanol–water partition coefficient (Wildman–Crippen LogP) is -1.23. The molecule has 2 heterocycles. The molecule has 0 saturated heterocycles. The molecule has 6 nitrogen and oxygen atoms in total. The topological polar surface area (TPSA) is 61.9 Å². The number of methoxy groups -OCH3 is 1. The van der Waals surface area contributed by atoms with Gasteiger partial charge >= 0.3 is 105 Å². The van der Waals surface area contributed by atoms with Gasteiger partial charge in [0.05, 0.1) is 0 Å². The minimum absolute atomic E-state index is 0.254. The average Bonchev–Trinajstić information content (AvgIpc) is 2.57. The Morgan fingerprint density at radius 2 is 2.19 bits per heavy atom. The number of hydrogen-bond acceptors (Lipinski definition) is 4. The molecule has 0 aromatic carbocycles. The molecule has 0 aliphatic heterocycles. The molecule has 0 aliphatic carbocycles. The summed E-state index contributed by atoms with van der Waals surface area (Å²) in [6.07, 6.45) is 1.63. The van der Waals surface area contributed by atoms with Gasteiger partial charge in [0.25, 0.3) is 0 Å². The van der Waals surface area contributed by atoms with Crippen molar-refractivity contribution in [3.8, 4) is 11.7 Å². The van der Waals surface area contributed by atoms with Gasteiger partial charge in [0, 0.05) is 0 Å². The summed E-state index contributed by atoms with van der Waals surface area (Å²) in [7, 11) is 3.05. The normalized spacial score (nSPS) is 10.4. The predicted molar refractivity (Wildman–Crippen MR) is 58.5 cm³/mol. The molecule has 0 bridgehead atoms. The van der Waals surface area contributed by atoms with Crippen LogP contribution in [-0.4, -0.2) is 49.0 Å². The fourth-order valence-electron chi connectivity index (χ4n) is 1.31. The van der Waals surface area contributed by atoms with Crippen molar-refractivity contribution in [2.24, 2.45) is 7.05 Å². The maximum absolute atomic E-state index is 11.8. The molecule has 2 aromatic rings. The fourth-order valence-corrected chi connectivity index (χ4v) is 1.74. The SMILES string of the molecule is COc1nn(C)c(=O)n1-c1cc[c]([Sn])nc1.